The average molecular weight is 320 g/mol. The maximum absolute atomic E-state index is 13.7. The molecule has 2 N–H and O–H groups in total. The summed E-state index contributed by atoms with van der Waals surface area (Å²) < 4.78 is 53.3. The highest BCUT2D eigenvalue weighted by Gasteiger charge is 2.27. The van der Waals surface area contributed by atoms with Gasteiger partial charge in [-0.3, -0.25) is 0 Å². The normalized spacial score (nSPS) is 15.7. The molecule has 0 aromatic heterocycles. The Bertz CT molecular complexity index is 618. The van der Waals surface area contributed by atoms with Crippen LogP contribution in [0.5, 0.6) is 0 Å². The number of aliphatic hydroxyl groups excluding tert-OH is 1. The van der Waals surface area contributed by atoms with Crippen LogP contribution in [0.3, 0.4) is 0 Å². The summed E-state index contributed by atoms with van der Waals surface area (Å²) in [6, 6.07) is 2.20. The Morgan fingerprint density at radius 1 is 1.38 bits per heavy atom. The number of halogens is 2. The first-order valence-electron chi connectivity index (χ1n) is 6.64. The van der Waals surface area contributed by atoms with Crippen molar-refractivity contribution in [1.82, 2.24) is 9.62 Å². The molecule has 21 heavy (non-hydrogen) atoms. The quantitative estimate of drug-likeness (QED) is 0.781. The topological polar surface area (TPSA) is 69.6 Å². The summed E-state index contributed by atoms with van der Waals surface area (Å²) in [6.45, 7) is 0.0393. The highest BCUT2D eigenvalue weighted by Crippen LogP contribution is 2.25. The number of nitrogens with zero attached hydrogens (tertiary/aromatic N) is 1. The summed E-state index contributed by atoms with van der Waals surface area (Å²) in [4.78, 5) is 1.24. The van der Waals surface area contributed by atoms with Gasteiger partial charge in [0.25, 0.3) is 0 Å². The highest BCUT2D eigenvalue weighted by atomic mass is 32.2. The van der Waals surface area contributed by atoms with Crippen molar-refractivity contribution < 1.29 is 22.3 Å². The van der Waals surface area contributed by atoms with Crippen LogP contribution < -0.4 is 4.72 Å². The number of hydrogen-bond donors (Lipinski definition) is 2. The van der Waals surface area contributed by atoms with Gasteiger partial charge in [-0.2, -0.15) is 0 Å². The van der Waals surface area contributed by atoms with E-state index in [0.29, 0.717) is 12.6 Å². The lowest BCUT2D eigenvalue weighted by molar-refractivity contribution is 0.280. The number of rotatable bonds is 7. The van der Waals surface area contributed by atoms with Crippen LogP contribution in [0.15, 0.2) is 17.0 Å². The Morgan fingerprint density at radius 3 is 2.62 bits per heavy atom. The third-order valence-corrected chi connectivity index (χ3v) is 4.91. The van der Waals surface area contributed by atoms with E-state index in [0.717, 1.165) is 25.0 Å². The zero-order valence-corrected chi connectivity index (χ0v) is 12.5. The van der Waals surface area contributed by atoms with Gasteiger partial charge in [0.05, 0.1) is 6.61 Å². The molecule has 0 spiro atoms. The standard InChI is InChI=1S/C13H18F2N2O3S/c1-17(10-2-3-10)5-4-16-21(19,20)12-7-9(8-18)6-11(14)13(12)15/h6-7,10,16,18H,2-5,8H2,1H3. The Hall–Kier alpha value is -1.09. The van der Waals surface area contributed by atoms with Crippen molar-refractivity contribution in [2.75, 3.05) is 20.1 Å². The largest absolute Gasteiger partial charge is 0.392 e. The van der Waals surface area contributed by atoms with Gasteiger partial charge in [0, 0.05) is 19.1 Å². The van der Waals surface area contributed by atoms with E-state index in [2.05, 4.69) is 4.72 Å². The lowest BCUT2D eigenvalue weighted by Crippen LogP contribution is -2.34. The van der Waals surface area contributed by atoms with Crippen molar-refractivity contribution in [1.29, 1.82) is 0 Å². The van der Waals surface area contributed by atoms with Gasteiger partial charge in [-0.25, -0.2) is 21.9 Å². The second kappa shape index (κ2) is 6.35. The van der Waals surface area contributed by atoms with Crippen molar-refractivity contribution in [2.45, 2.75) is 30.4 Å². The number of sulfonamides is 1. The third-order valence-electron chi connectivity index (χ3n) is 3.45. The van der Waals surface area contributed by atoms with E-state index in [4.69, 9.17) is 5.11 Å². The minimum absolute atomic E-state index is 0.00405. The molecule has 0 aliphatic heterocycles. The summed E-state index contributed by atoms with van der Waals surface area (Å²) >= 11 is 0. The van der Waals surface area contributed by atoms with Crippen LogP contribution in [0.2, 0.25) is 0 Å². The first-order chi connectivity index (χ1) is 9.85. The molecule has 1 aromatic carbocycles. The van der Waals surface area contributed by atoms with Gasteiger partial charge in [-0.1, -0.05) is 0 Å². The molecular formula is C13H18F2N2O3S. The Morgan fingerprint density at radius 2 is 2.05 bits per heavy atom. The number of likely N-dealkylation sites (N-methyl/N-ethyl adjacent to an activating group) is 1. The fraction of sp³-hybridized carbons (Fsp3) is 0.538. The predicted molar refractivity (Wildman–Crippen MR) is 73.1 cm³/mol. The third kappa shape index (κ3) is 3.97. The fourth-order valence-electron chi connectivity index (χ4n) is 2.04. The zero-order chi connectivity index (χ0) is 15.6. The lowest BCUT2D eigenvalue weighted by atomic mass is 10.2. The smallest absolute Gasteiger partial charge is 0.243 e. The number of hydrogen-bond acceptors (Lipinski definition) is 4. The molecular weight excluding hydrogens is 302 g/mol. The first kappa shape index (κ1) is 16.3. The van der Waals surface area contributed by atoms with Gasteiger partial charge in [0.1, 0.15) is 4.90 Å². The van der Waals surface area contributed by atoms with Crippen LogP contribution >= 0.6 is 0 Å². The van der Waals surface area contributed by atoms with Crippen LogP contribution in [0, 0.1) is 11.6 Å². The van der Waals surface area contributed by atoms with Crippen molar-refractivity contribution in [3.63, 3.8) is 0 Å². The predicted octanol–water partition coefficient (Wildman–Crippen LogP) is 0.830. The average Bonchev–Trinajstić information content (AvgIpc) is 3.25. The van der Waals surface area contributed by atoms with Crippen LogP contribution in [-0.4, -0.2) is 44.6 Å². The summed E-state index contributed by atoms with van der Waals surface area (Å²) in [7, 11) is -2.26. The molecule has 0 unspecified atom stereocenters. The molecule has 0 bridgehead atoms. The van der Waals surface area contributed by atoms with Crippen molar-refractivity contribution in [3.8, 4) is 0 Å². The molecule has 0 radical (unpaired) electrons. The molecule has 5 nitrogen and oxygen atoms in total. The van der Waals surface area contributed by atoms with Gasteiger partial charge in [0.15, 0.2) is 11.6 Å². The number of nitrogens with one attached hydrogen (secondary N) is 1. The number of aliphatic hydroxyl groups is 1. The highest BCUT2D eigenvalue weighted by molar-refractivity contribution is 7.89. The maximum atomic E-state index is 13.7. The molecule has 118 valence electrons. The van der Waals surface area contributed by atoms with Crippen LogP contribution in [-0.2, 0) is 16.6 Å². The van der Waals surface area contributed by atoms with E-state index in [1.165, 1.54) is 0 Å². The summed E-state index contributed by atoms with van der Waals surface area (Å²) in [6.07, 6.45) is 2.20. The van der Waals surface area contributed by atoms with Crippen LogP contribution in [0.1, 0.15) is 18.4 Å². The first-order valence-corrected chi connectivity index (χ1v) is 8.12. The van der Waals surface area contributed by atoms with E-state index in [-0.39, 0.29) is 12.1 Å². The Balaban J connectivity index is 2.09. The van der Waals surface area contributed by atoms with Crippen molar-refractivity contribution >= 4 is 10.0 Å². The number of benzene rings is 1. The zero-order valence-electron chi connectivity index (χ0n) is 11.6. The molecule has 1 fully saturated rings. The summed E-state index contributed by atoms with van der Waals surface area (Å²) in [5, 5.41) is 8.95. The second-order valence-corrected chi connectivity index (χ2v) is 6.89. The molecule has 0 amide bonds. The van der Waals surface area contributed by atoms with E-state index in [9.17, 15) is 17.2 Å². The Kier molecular flexibility index (Phi) is 4.92. The fourth-order valence-corrected chi connectivity index (χ4v) is 3.19. The minimum atomic E-state index is -4.15. The van der Waals surface area contributed by atoms with E-state index in [1.807, 2.05) is 11.9 Å². The molecule has 0 saturated heterocycles. The second-order valence-electron chi connectivity index (χ2n) is 5.16. The molecule has 1 aliphatic rings. The Labute approximate surface area is 122 Å². The van der Waals surface area contributed by atoms with E-state index >= 15 is 0 Å². The van der Waals surface area contributed by atoms with Crippen molar-refractivity contribution in [2.24, 2.45) is 0 Å². The molecule has 0 atom stereocenters. The SMILES string of the molecule is CN(CCNS(=O)(=O)c1cc(CO)cc(F)c1F)C1CC1. The van der Waals surface area contributed by atoms with E-state index in [1.54, 1.807) is 0 Å². The summed E-state index contributed by atoms with van der Waals surface area (Å²) in [5.41, 5.74) is 0.00405. The van der Waals surface area contributed by atoms with Gasteiger partial charge >= 0.3 is 0 Å². The molecule has 1 aromatic rings. The molecule has 1 aliphatic carbocycles. The van der Waals surface area contributed by atoms with Crippen LogP contribution in [0.4, 0.5) is 8.78 Å². The van der Waals surface area contributed by atoms with Gasteiger partial charge in [-0.15, -0.1) is 0 Å². The molecule has 1 saturated carbocycles. The van der Waals surface area contributed by atoms with E-state index < -0.39 is 33.2 Å². The van der Waals surface area contributed by atoms with Crippen molar-refractivity contribution in [3.05, 3.63) is 29.3 Å². The minimum Gasteiger partial charge on any atom is -0.392 e. The van der Waals surface area contributed by atoms with Gasteiger partial charge < -0.3 is 10.0 Å². The molecule has 0 heterocycles. The monoisotopic (exact) mass is 320 g/mol. The van der Waals surface area contributed by atoms with Gasteiger partial charge in [0.2, 0.25) is 10.0 Å². The lowest BCUT2D eigenvalue weighted by Gasteiger charge is -2.16. The maximum Gasteiger partial charge on any atom is 0.243 e. The molecule has 2 rings (SSSR count). The molecule has 8 heteroatoms. The summed E-state index contributed by atoms with van der Waals surface area (Å²) in [5.74, 6) is -2.73. The van der Waals surface area contributed by atoms with Crippen LogP contribution in [0.25, 0.3) is 0 Å². The van der Waals surface area contributed by atoms with Gasteiger partial charge in [-0.05, 0) is 37.6 Å².